The zero-order chi connectivity index (χ0) is 24.2. The second-order valence-electron chi connectivity index (χ2n) is 9.01. The van der Waals surface area contributed by atoms with E-state index < -0.39 is 24.0 Å². The highest BCUT2D eigenvalue weighted by Gasteiger charge is 2.32. The SMILES string of the molecule is CCC(C)[C@H](NC(=O)OCC1c2ccccc2-c2ccccc21)C(=O)NC1C=CC(C(=O)O)C1. The van der Waals surface area contributed by atoms with Gasteiger partial charge in [-0.05, 0) is 34.6 Å². The Morgan fingerprint density at radius 3 is 2.21 bits per heavy atom. The van der Waals surface area contributed by atoms with Crippen LogP contribution >= 0.6 is 0 Å². The highest BCUT2D eigenvalue weighted by Crippen LogP contribution is 2.44. The highest BCUT2D eigenvalue weighted by atomic mass is 16.5. The molecule has 0 radical (unpaired) electrons. The van der Waals surface area contributed by atoms with Gasteiger partial charge >= 0.3 is 12.1 Å². The van der Waals surface area contributed by atoms with Crippen LogP contribution in [-0.4, -0.2) is 41.8 Å². The number of hydrogen-bond acceptors (Lipinski definition) is 4. The molecule has 0 aliphatic heterocycles. The molecule has 2 amide bonds. The average molecular weight is 463 g/mol. The number of carbonyl (C=O) groups is 3. The lowest BCUT2D eigenvalue weighted by molar-refractivity contribution is -0.140. The van der Waals surface area contributed by atoms with E-state index in [2.05, 4.69) is 34.9 Å². The van der Waals surface area contributed by atoms with Crippen molar-refractivity contribution in [2.45, 2.75) is 44.7 Å². The molecule has 0 saturated heterocycles. The third-order valence-electron chi connectivity index (χ3n) is 6.84. The predicted molar refractivity (Wildman–Crippen MR) is 128 cm³/mol. The molecule has 0 heterocycles. The van der Waals surface area contributed by atoms with Crippen LogP contribution in [0.25, 0.3) is 11.1 Å². The fourth-order valence-electron chi connectivity index (χ4n) is 4.73. The van der Waals surface area contributed by atoms with Crippen molar-refractivity contribution in [3.05, 3.63) is 71.8 Å². The van der Waals surface area contributed by atoms with Crippen LogP contribution in [0, 0.1) is 11.8 Å². The monoisotopic (exact) mass is 462 g/mol. The van der Waals surface area contributed by atoms with Crippen LogP contribution in [0.2, 0.25) is 0 Å². The molecule has 0 aromatic heterocycles. The Balaban J connectivity index is 1.39. The summed E-state index contributed by atoms with van der Waals surface area (Å²) in [5.41, 5.74) is 4.53. The van der Waals surface area contributed by atoms with Gasteiger partial charge in [0.25, 0.3) is 0 Å². The molecule has 3 N–H and O–H groups in total. The minimum absolute atomic E-state index is 0.0643. The summed E-state index contributed by atoms with van der Waals surface area (Å²) in [6.07, 6.45) is 3.62. The molecule has 34 heavy (non-hydrogen) atoms. The molecule has 178 valence electrons. The van der Waals surface area contributed by atoms with E-state index in [0.29, 0.717) is 12.8 Å². The van der Waals surface area contributed by atoms with Crippen molar-refractivity contribution in [3.8, 4) is 11.1 Å². The van der Waals surface area contributed by atoms with E-state index in [1.54, 1.807) is 12.2 Å². The fourth-order valence-corrected chi connectivity index (χ4v) is 4.73. The van der Waals surface area contributed by atoms with Crippen LogP contribution in [0.15, 0.2) is 60.7 Å². The van der Waals surface area contributed by atoms with Gasteiger partial charge in [-0.1, -0.05) is 81.0 Å². The number of fused-ring (bicyclic) bond motifs is 3. The van der Waals surface area contributed by atoms with Gasteiger partial charge in [0.15, 0.2) is 0 Å². The second-order valence-corrected chi connectivity index (χ2v) is 9.01. The Labute approximate surface area is 199 Å². The molecule has 2 aromatic carbocycles. The van der Waals surface area contributed by atoms with Gasteiger partial charge in [-0.2, -0.15) is 0 Å². The number of alkyl carbamates (subject to hydrolysis) is 1. The van der Waals surface area contributed by atoms with Crippen molar-refractivity contribution >= 4 is 18.0 Å². The maximum Gasteiger partial charge on any atom is 0.407 e. The van der Waals surface area contributed by atoms with Crippen molar-refractivity contribution in [1.29, 1.82) is 0 Å². The first-order chi connectivity index (χ1) is 16.4. The van der Waals surface area contributed by atoms with Crippen LogP contribution < -0.4 is 10.6 Å². The van der Waals surface area contributed by atoms with Crippen molar-refractivity contribution in [2.24, 2.45) is 11.8 Å². The predicted octanol–water partition coefficient (Wildman–Crippen LogP) is 4.09. The average Bonchev–Trinajstić information content (AvgIpc) is 3.43. The number of nitrogens with one attached hydrogen (secondary N) is 2. The number of benzene rings is 2. The smallest absolute Gasteiger partial charge is 0.407 e. The standard InChI is InChI=1S/C27H30N2O5/c1-3-16(2)24(25(30)28-18-13-12-17(14-18)26(31)32)29-27(33)34-15-23-21-10-6-4-8-19(21)20-9-5-7-11-22(20)23/h4-13,16-18,23-24H,3,14-15H2,1-2H3,(H,28,30)(H,29,33)(H,31,32)/t16?,17?,18?,24-/m0/s1. The summed E-state index contributed by atoms with van der Waals surface area (Å²) in [6.45, 7) is 4.00. The van der Waals surface area contributed by atoms with Crippen LogP contribution in [0.3, 0.4) is 0 Å². The lowest BCUT2D eigenvalue weighted by Gasteiger charge is -2.25. The summed E-state index contributed by atoms with van der Waals surface area (Å²) in [6, 6.07) is 15.1. The van der Waals surface area contributed by atoms with Gasteiger partial charge in [-0.15, -0.1) is 0 Å². The molecular formula is C27H30N2O5. The quantitative estimate of drug-likeness (QED) is 0.513. The zero-order valence-electron chi connectivity index (χ0n) is 19.4. The van der Waals surface area contributed by atoms with E-state index in [1.165, 1.54) is 0 Å². The van der Waals surface area contributed by atoms with Gasteiger partial charge in [0, 0.05) is 12.0 Å². The first kappa shape index (κ1) is 23.5. The van der Waals surface area contributed by atoms with Crippen LogP contribution in [0.1, 0.15) is 43.7 Å². The van der Waals surface area contributed by atoms with Gasteiger partial charge in [0.05, 0.1) is 5.92 Å². The first-order valence-electron chi connectivity index (χ1n) is 11.7. The van der Waals surface area contributed by atoms with Crippen molar-refractivity contribution in [2.75, 3.05) is 6.61 Å². The Morgan fingerprint density at radius 1 is 1.03 bits per heavy atom. The third-order valence-corrected chi connectivity index (χ3v) is 6.84. The summed E-state index contributed by atoms with van der Waals surface area (Å²) in [5.74, 6) is -2.05. The summed E-state index contributed by atoms with van der Waals surface area (Å²) in [7, 11) is 0. The summed E-state index contributed by atoms with van der Waals surface area (Å²) in [5, 5.41) is 14.7. The Kier molecular flexibility index (Phi) is 7.01. The van der Waals surface area contributed by atoms with Crippen LogP contribution in [-0.2, 0) is 14.3 Å². The van der Waals surface area contributed by atoms with E-state index in [9.17, 15) is 14.4 Å². The molecule has 0 fully saturated rings. The molecule has 3 unspecified atom stereocenters. The fraction of sp³-hybridized carbons (Fsp3) is 0.370. The maximum atomic E-state index is 12.9. The van der Waals surface area contributed by atoms with Crippen molar-refractivity contribution in [1.82, 2.24) is 10.6 Å². The molecule has 7 heteroatoms. The van der Waals surface area contributed by atoms with E-state index in [-0.39, 0.29) is 30.4 Å². The third kappa shape index (κ3) is 4.83. The first-order valence-corrected chi connectivity index (χ1v) is 11.7. The van der Waals surface area contributed by atoms with Crippen LogP contribution in [0.4, 0.5) is 4.79 Å². The van der Waals surface area contributed by atoms with Crippen molar-refractivity contribution < 1.29 is 24.2 Å². The molecular weight excluding hydrogens is 432 g/mol. The summed E-state index contributed by atoms with van der Waals surface area (Å²) < 4.78 is 5.61. The minimum atomic E-state index is -0.914. The lowest BCUT2D eigenvalue weighted by Crippen LogP contribution is -2.52. The van der Waals surface area contributed by atoms with E-state index in [4.69, 9.17) is 9.84 Å². The lowest BCUT2D eigenvalue weighted by atomic mass is 9.97. The Hall–Kier alpha value is -3.61. The molecule has 0 spiro atoms. The summed E-state index contributed by atoms with van der Waals surface area (Å²) in [4.78, 5) is 36.8. The van der Waals surface area contributed by atoms with Crippen molar-refractivity contribution in [3.63, 3.8) is 0 Å². The van der Waals surface area contributed by atoms with E-state index >= 15 is 0 Å². The number of amides is 2. The molecule has 2 aliphatic carbocycles. The topological polar surface area (TPSA) is 105 Å². The number of hydrogen-bond donors (Lipinski definition) is 3. The molecule has 0 bridgehead atoms. The van der Waals surface area contributed by atoms with Gasteiger partial charge in [-0.3, -0.25) is 9.59 Å². The molecule has 4 rings (SSSR count). The largest absolute Gasteiger partial charge is 0.481 e. The highest BCUT2D eigenvalue weighted by molar-refractivity contribution is 5.86. The van der Waals surface area contributed by atoms with E-state index in [0.717, 1.165) is 22.3 Å². The molecule has 4 atom stereocenters. The molecule has 0 saturated carbocycles. The zero-order valence-corrected chi connectivity index (χ0v) is 19.4. The second kappa shape index (κ2) is 10.1. The Bertz CT molecular complexity index is 1070. The number of aliphatic carboxylic acids is 1. The van der Waals surface area contributed by atoms with Gasteiger partial charge in [0.2, 0.25) is 5.91 Å². The van der Waals surface area contributed by atoms with Gasteiger partial charge < -0.3 is 20.5 Å². The normalized spacial score (nSPS) is 20.2. The molecule has 2 aliphatic rings. The number of carboxylic acid groups (broad SMARTS) is 1. The number of ether oxygens (including phenoxy) is 1. The Morgan fingerprint density at radius 2 is 1.65 bits per heavy atom. The van der Waals surface area contributed by atoms with Gasteiger partial charge in [-0.25, -0.2) is 4.79 Å². The molecule has 2 aromatic rings. The maximum absolute atomic E-state index is 12.9. The number of rotatable bonds is 8. The number of carbonyl (C=O) groups excluding carboxylic acids is 2. The minimum Gasteiger partial charge on any atom is -0.481 e. The summed E-state index contributed by atoms with van der Waals surface area (Å²) >= 11 is 0. The van der Waals surface area contributed by atoms with Crippen LogP contribution in [0.5, 0.6) is 0 Å². The van der Waals surface area contributed by atoms with E-state index in [1.807, 2.05) is 38.1 Å². The molecule has 7 nitrogen and oxygen atoms in total. The van der Waals surface area contributed by atoms with Gasteiger partial charge in [0.1, 0.15) is 12.6 Å². The number of carboxylic acids is 1.